The maximum absolute atomic E-state index is 12.8. The fourth-order valence-corrected chi connectivity index (χ4v) is 1.72. The largest absolute Gasteiger partial charge is 0.496 e. The van der Waals surface area contributed by atoms with Gasteiger partial charge in [0, 0.05) is 0 Å². The molecular formula is C13H15F3O5. The molecule has 0 fully saturated rings. The Bertz CT molecular complexity index is 501. The van der Waals surface area contributed by atoms with E-state index in [-0.39, 0.29) is 5.56 Å². The third-order valence-electron chi connectivity index (χ3n) is 2.84. The van der Waals surface area contributed by atoms with Gasteiger partial charge in [0.15, 0.2) is 0 Å². The van der Waals surface area contributed by atoms with E-state index in [1.54, 1.807) is 0 Å². The number of aliphatic hydroxyl groups is 2. The SMILES string of the molecule is COC(=O)CC(O)C(O)c1ccc(OC)c(C(F)(F)F)c1. The van der Waals surface area contributed by atoms with Gasteiger partial charge in [-0.25, -0.2) is 0 Å². The minimum Gasteiger partial charge on any atom is -0.496 e. The van der Waals surface area contributed by atoms with Gasteiger partial charge in [-0.15, -0.1) is 0 Å². The molecule has 1 rings (SSSR count). The predicted octanol–water partition coefficient (Wildman–Crippen LogP) is 1.67. The summed E-state index contributed by atoms with van der Waals surface area (Å²) in [5.41, 5.74) is -1.26. The number of ether oxygens (including phenoxy) is 2. The second kappa shape index (κ2) is 6.77. The van der Waals surface area contributed by atoms with Crippen molar-refractivity contribution in [2.24, 2.45) is 0 Å². The van der Waals surface area contributed by atoms with E-state index in [2.05, 4.69) is 9.47 Å². The van der Waals surface area contributed by atoms with Crippen molar-refractivity contribution in [3.8, 4) is 5.75 Å². The smallest absolute Gasteiger partial charge is 0.419 e. The summed E-state index contributed by atoms with van der Waals surface area (Å²) in [6.45, 7) is 0. The van der Waals surface area contributed by atoms with E-state index in [0.717, 1.165) is 20.3 Å². The second-order valence-electron chi connectivity index (χ2n) is 4.25. The Labute approximate surface area is 118 Å². The van der Waals surface area contributed by atoms with Crippen molar-refractivity contribution in [2.75, 3.05) is 14.2 Å². The van der Waals surface area contributed by atoms with Crippen molar-refractivity contribution < 1.29 is 37.7 Å². The van der Waals surface area contributed by atoms with Crippen molar-refractivity contribution >= 4 is 5.97 Å². The van der Waals surface area contributed by atoms with Crippen LogP contribution >= 0.6 is 0 Å². The summed E-state index contributed by atoms with van der Waals surface area (Å²) in [6.07, 6.45) is -8.44. The first kappa shape index (κ1) is 17.3. The zero-order valence-corrected chi connectivity index (χ0v) is 11.3. The lowest BCUT2D eigenvalue weighted by molar-refractivity contribution is -0.145. The van der Waals surface area contributed by atoms with E-state index in [1.807, 2.05) is 0 Å². The van der Waals surface area contributed by atoms with Crippen LogP contribution in [0.1, 0.15) is 23.7 Å². The number of hydrogen-bond acceptors (Lipinski definition) is 5. The van der Waals surface area contributed by atoms with Gasteiger partial charge >= 0.3 is 12.1 Å². The first-order valence-electron chi connectivity index (χ1n) is 5.88. The summed E-state index contributed by atoms with van der Waals surface area (Å²) < 4.78 is 47.5. The van der Waals surface area contributed by atoms with Crippen LogP contribution in [0.4, 0.5) is 13.2 Å². The molecule has 8 heteroatoms. The van der Waals surface area contributed by atoms with E-state index in [4.69, 9.17) is 0 Å². The Morgan fingerprint density at radius 2 is 1.90 bits per heavy atom. The normalized spacial score (nSPS) is 14.4. The lowest BCUT2D eigenvalue weighted by atomic mass is 9.99. The third-order valence-corrected chi connectivity index (χ3v) is 2.84. The second-order valence-corrected chi connectivity index (χ2v) is 4.25. The molecule has 2 atom stereocenters. The molecule has 5 nitrogen and oxygen atoms in total. The molecule has 2 N–H and O–H groups in total. The quantitative estimate of drug-likeness (QED) is 0.809. The van der Waals surface area contributed by atoms with Crippen LogP contribution in [0.5, 0.6) is 5.75 Å². The maximum atomic E-state index is 12.8. The number of carbonyl (C=O) groups is 1. The molecule has 0 aliphatic heterocycles. The maximum Gasteiger partial charge on any atom is 0.419 e. The molecule has 0 aromatic heterocycles. The van der Waals surface area contributed by atoms with Crippen LogP contribution in [-0.4, -0.2) is 36.5 Å². The Morgan fingerprint density at radius 3 is 2.38 bits per heavy atom. The molecule has 0 bridgehead atoms. The average molecular weight is 308 g/mol. The van der Waals surface area contributed by atoms with Crippen LogP contribution in [-0.2, 0) is 15.7 Å². The number of methoxy groups -OCH3 is 2. The van der Waals surface area contributed by atoms with E-state index >= 15 is 0 Å². The highest BCUT2D eigenvalue weighted by molar-refractivity contribution is 5.69. The Kier molecular flexibility index (Phi) is 5.56. The molecule has 0 spiro atoms. The first-order chi connectivity index (χ1) is 9.70. The molecule has 0 radical (unpaired) electrons. The number of alkyl halides is 3. The van der Waals surface area contributed by atoms with E-state index in [1.165, 1.54) is 6.07 Å². The zero-order chi connectivity index (χ0) is 16.2. The number of carbonyl (C=O) groups excluding carboxylic acids is 1. The van der Waals surface area contributed by atoms with Crippen LogP contribution in [0.2, 0.25) is 0 Å². The van der Waals surface area contributed by atoms with Gasteiger partial charge in [0.05, 0.1) is 32.3 Å². The predicted molar refractivity (Wildman–Crippen MR) is 65.6 cm³/mol. The first-order valence-corrected chi connectivity index (χ1v) is 5.88. The number of benzene rings is 1. The standard InChI is InChI=1S/C13H15F3O5/c1-20-10-4-3-7(5-8(10)13(14,15)16)12(19)9(17)6-11(18)21-2/h3-5,9,12,17,19H,6H2,1-2H3. The number of rotatable bonds is 5. The van der Waals surface area contributed by atoms with Crippen LogP contribution in [0.3, 0.4) is 0 Å². The molecule has 1 aromatic rings. The fourth-order valence-electron chi connectivity index (χ4n) is 1.72. The molecule has 1 aromatic carbocycles. The molecule has 0 heterocycles. The van der Waals surface area contributed by atoms with Gasteiger partial charge in [-0.1, -0.05) is 6.07 Å². The summed E-state index contributed by atoms with van der Waals surface area (Å²) in [5, 5.41) is 19.5. The summed E-state index contributed by atoms with van der Waals surface area (Å²) in [5.74, 6) is -1.19. The summed E-state index contributed by atoms with van der Waals surface area (Å²) >= 11 is 0. The van der Waals surface area contributed by atoms with Gasteiger partial charge in [0.1, 0.15) is 11.9 Å². The minimum atomic E-state index is -4.67. The lowest BCUT2D eigenvalue weighted by Crippen LogP contribution is -2.23. The van der Waals surface area contributed by atoms with E-state index in [0.29, 0.717) is 6.07 Å². The van der Waals surface area contributed by atoms with Gasteiger partial charge in [-0.3, -0.25) is 4.79 Å². The third kappa shape index (κ3) is 4.33. The minimum absolute atomic E-state index is 0.181. The van der Waals surface area contributed by atoms with Crippen molar-refractivity contribution in [3.63, 3.8) is 0 Å². The summed E-state index contributed by atoms with van der Waals surface area (Å²) in [7, 11) is 2.18. The average Bonchev–Trinajstić information content (AvgIpc) is 2.44. The van der Waals surface area contributed by atoms with Crippen molar-refractivity contribution in [3.05, 3.63) is 29.3 Å². The van der Waals surface area contributed by atoms with Gasteiger partial charge in [-0.05, 0) is 17.7 Å². The van der Waals surface area contributed by atoms with Crippen LogP contribution in [0.25, 0.3) is 0 Å². The van der Waals surface area contributed by atoms with Gasteiger partial charge < -0.3 is 19.7 Å². The summed E-state index contributed by atoms with van der Waals surface area (Å²) in [6, 6.07) is 2.88. The van der Waals surface area contributed by atoms with Gasteiger partial charge in [-0.2, -0.15) is 13.2 Å². The number of hydrogen-bond donors (Lipinski definition) is 2. The fraction of sp³-hybridized carbons (Fsp3) is 0.462. The molecule has 118 valence electrons. The number of aliphatic hydroxyl groups excluding tert-OH is 2. The molecule has 0 aliphatic carbocycles. The van der Waals surface area contributed by atoms with Crippen molar-refractivity contribution in [2.45, 2.75) is 24.8 Å². The van der Waals surface area contributed by atoms with Gasteiger partial charge in [0.2, 0.25) is 0 Å². The van der Waals surface area contributed by atoms with Crippen LogP contribution in [0, 0.1) is 0 Å². The molecule has 2 unspecified atom stereocenters. The number of halogens is 3. The molecule has 0 saturated carbocycles. The molecule has 0 saturated heterocycles. The van der Waals surface area contributed by atoms with E-state index < -0.39 is 42.1 Å². The Hall–Kier alpha value is -1.80. The molecule has 21 heavy (non-hydrogen) atoms. The summed E-state index contributed by atoms with van der Waals surface area (Å²) in [4.78, 5) is 11.0. The monoisotopic (exact) mass is 308 g/mol. The molecular weight excluding hydrogens is 293 g/mol. The Balaban J connectivity index is 3.06. The topological polar surface area (TPSA) is 76.0 Å². The lowest BCUT2D eigenvalue weighted by Gasteiger charge is -2.19. The Morgan fingerprint density at radius 1 is 1.29 bits per heavy atom. The van der Waals surface area contributed by atoms with E-state index in [9.17, 15) is 28.2 Å². The molecule has 0 amide bonds. The highest BCUT2D eigenvalue weighted by atomic mass is 19.4. The van der Waals surface area contributed by atoms with Crippen molar-refractivity contribution in [1.82, 2.24) is 0 Å². The molecule has 0 aliphatic rings. The van der Waals surface area contributed by atoms with Crippen LogP contribution in [0.15, 0.2) is 18.2 Å². The zero-order valence-electron chi connectivity index (χ0n) is 11.3. The van der Waals surface area contributed by atoms with Crippen molar-refractivity contribution in [1.29, 1.82) is 0 Å². The number of esters is 1. The van der Waals surface area contributed by atoms with Crippen LogP contribution < -0.4 is 4.74 Å². The highest BCUT2D eigenvalue weighted by Crippen LogP contribution is 2.38. The van der Waals surface area contributed by atoms with Gasteiger partial charge in [0.25, 0.3) is 0 Å². The highest BCUT2D eigenvalue weighted by Gasteiger charge is 2.35.